The first-order chi connectivity index (χ1) is 12.6. The summed E-state index contributed by atoms with van der Waals surface area (Å²) in [4.78, 5) is 8.62. The van der Waals surface area contributed by atoms with Gasteiger partial charge >= 0.3 is 0 Å². The molecular weight excluding hydrogens is 355 g/mol. The quantitative estimate of drug-likeness (QED) is 0.503. The zero-order chi connectivity index (χ0) is 18.1. The van der Waals surface area contributed by atoms with Crippen molar-refractivity contribution in [3.05, 3.63) is 71.3 Å². The highest BCUT2D eigenvalue weighted by molar-refractivity contribution is 6.33. The second kappa shape index (κ2) is 6.72. The van der Waals surface area contributed by atoms with E-state index in [-0.39, 0.29) is 11.0 Å². The highest BCUT2D eigenvalue weighted by Gasteiger charge is 2.14. The van der Waals surface area contributed by atoms with E-state index in [0.29, 0.717) is 23.1 Å². The molecule has 130 valence electrons. The first-order valence-electron chi connectivity index (χ1n) is 7.92. The molecule has 4 rings (SSSR count). The molecule has 4 aromatic rings. The Bertz CT molecular complexity index is 1080. The number of hydrogen-bond donors (Lipinski definition) is 0. The fraction of sp³-hybridized carbons (Fsp3) is 0.105. The molecule has 0 saturated carbocycles. The average molecular weight is 369 g/mol. The van der Waals surface area contributed by atoms with Crippen LogP contribution in [0.4, 0.5) is 4.39 Å². The molecule has 7 heteroatoms. The van der Waals surface area contributed by atoms with Gasteiger partial charge in [0, 0.05) is 0 Å². The third-order valence-electron chi connectivity index (χ3n) is 3.99. The molecule has 2 aromatic carbocycles. The standard InChI is InChI=1S/C19H14ClFN4O/c1-26-13-8-6-12(7-9-13)10-25-11-16-17(24-25)18(20)23-19(22-16)14-4-2-3-5-15(14)21/h2-9,11H,10H2,1H3. The van der Waals surface area contributed by atoms with Gasteiger partial charge in [-0.15, -0.1) is 0 Å². The summed E-state index contributed by atoms with van der Waals surface area (Å²) in [6.45, 7) is 0.547. The van der Waals surface area contributed by atoms with Crippen molar-refractivity contribution in [3.63, 3.8) is 0 Å². The minimum Gasteiger partial charge on any atom is -0.497 e. The molecule has 2 heterocycles. The number of hydrogen-bond acceptors (Lipinski definition) is 4. The average Bonchev–Trinajstić information content (AvgIpc) is 3.06. The Labute approximate surface area is 154 Å². The molecule has 0 amide bonds. The molecular formula is C19H14ClFN4O. The van der Waals surface area contributed by atoms with Gasteiger partial charge in [-0.25, -0.2) is 14.4 Å². The van der Waals surface area contributed by atoms with Crippen LogP contribution in [0.15, 0.2) is 54.7 Å². The van der Waals surface area contributed by atoms with Crippen molar-refractivity contribution in [2.45, 2.75) is 6.54 Å². The lowest BCUT2D eigenvalue weighted by Gasteiger charge is -2.03. The molecule has 5 nitrogen and oxygen atoms in total. The molecule has 0 fully saturated rings. The van der Waals surface area contributed by atoms with Gasteiger partial charge in [-0.1, -0.05) is 35.9 Å². The Morgan fingerprint density at radius 1 is 1.08 bits per heavy atom. The fourth-order valence-corrected chi connectivity index (χ4v) is 2.90. The minimum absolute atomic E-state index is 0.196. The summed E-state index contributed by atoms with van der Waals surface area (Å²) in [6, 6.07) is 14.0. The van der Waals surface area contributed by atoms with Gasteiger partial charge in [-0.3, -0.25) is 4.68 Å². The molecule has 2 aromatic heterocycles. The molecule has 0 saturated heterocycles. The molecule has 0 aliphatic carbocycles. The normalized spacial score (nSPS) is 11.0. The predicted octanol–water partition coefficient (Wildman–Crippen LogP) is 4.34. The summed E-state index contributed by atoms with van der Waals surface area (Å²) < 4.78 is 20.9. The predicted molar refractivity (Wildman–Crippen MR) is 97.8 cm³/mol. The van der Waals surface area contributed by atoms with E-state index in [1.54, 1.807) is 36.2 Å². The van der Waals surface area contributed by atoms with Crippen molar-refractivity contribution in [1.29, 1.82) is 0 Å². The second-order valence-electron chi connectivity index (χ2n) is 5.73. The van der Waals surface area contributed by atoms with Crippen LogP contribution in [0.5, 0.6) is 5.75 Å². The Kier molecular flexibility index (Phi) is 4.26. The van der Waals surface area contributed by atoms with Gasteiger partial charge in [0.05, 0.1) is 25.4 Å². The van der Waals surface area contributed by atoms with Gasteiger partial charge in [0.1, 0.15) is 22.6 Å². The van der Waals surface area contributed by atoms with Gasteiger partial charge in [0.25, 0.3) is 0 Å². The van der Waals surface area contributed by atoms with E-state index in [1.807, 2.05) is 24.3 Å². The summed E-state index contributed by atoms with van der Waals surface area (Å²) in [6.07, 6.45) is 1.78. The van der Waals surface area contributed by atoms with Crippen molar-refractivity contribution in [2.24, 2.45) is 0 Å². The Balaban J connectivity index is 1.70. The summed E-state index contributed by atoms with van der Waals surface area (Å²) in [5.74, 6) is 0.640. The first-order valence-corrected chi connectivity index (χ1v) is 8.30. The van der Waals surface area contributed by atoms with E-state index in [1.165, 1.54) is 6.07 Å². The van der Waals surface area contributed by atoms with Crippen LogP contribution in [0.1, 0.15) is 5.56 Å². The first kappa shape index (κ1) is 16.5. The van der Waals surface area contributed by atoms with Gasteiger partial charge < -0.3 is 4.74 Å². The molecule has 0 radical (unpaired) electrons. The maximum absolute atomic E-state index is 14.0. The Morgan fingerprint density at radius 3 is 2.58 bits per heavy atom. The van der Waals surface area contributed by atoms with Crippen LogP contribution < -0.4 is 4.74 Å². The lowest BCUT2D eigenvalue weighted by molar-refractivity contribution is 0.414. The number of aromatic nitrogens is 4. The summed E-state index contributed by atoms with van der Waals surface area (Å²) in [5, 5.41) is 4.64. The lowest BCUT2D eigenvalue weighted by atomic mass is 10.2. The number of nitrogens with zero attached hydrogens (tertiary/aromatic N) is 4. The van der Waals surface area contributed by atoms with E-state index in [2.05, 4.69) is 15.1 Å². The monoisotopic (exact) mass is 368 g/mol. The lowest BCUT2D eigenvalue weighted by Crippen LogP contribution is -1.99. The number of fused-ring (bicyclic) bond motifs is 1. The molecule has 0 bridgehead atoms. The summed E-state index contributed by atoms with van der Waals surface area (Å²) in [5.41, 5.74) is 2.41. The topological polar surface area (TPSA) is 52.8 Å². The third kappa shape index (κ3) is 3.11. The largest absolute Gasteiger partial charge is 0.497 e. The van der Waals surface area contributed by atoms with Crippen molar-refractivity contribution in [2.75, 3.05) is 7.11 Å². The third-order valence-corrected chi connectivity index (χ3v) is 4.25. The smallest absolute Gasteiger partial charge is 0.164 e. The number of methoxy groups -OCH3 is 1. The zero-order valence-electron chi connectivity index (χ0n) is 13.9. The van der Waals surface area contributed by atoms with Crippen LogP contribution in [-0.2, 0) is 6.54 Å². The zero-order valence-corrected chi connectivity index (χ0v) is 14.6. The van der Waals surface area contributed by atoms with Crippen molar-refractivity contribution >= 4 is 22.6 Å². The molecule has 26 heavy (non-hydrogen) atoms. The van der Waals surface area contributed by atoms with E-state index < -0.39 is 5.82 Å². The Hall–Kier alpha value is -2.99. The van der Waals surface area contributed by atoms with Crippen LogP contribution in [0.25, 0.3) is 22.4 Å². The number of rotatable bonds is 4. The highest BCUT2D eigenvalue weighted by atomic mass is 35.5. The van der Waals surface area contributed by atoms with Crippen LogP contribution in [-0.4, -0.2) is 26.9 Å². The van der Waals surface area contributed by atoms with E-state index >= 15 is 0 Å². The van der Waals surface area contributed by atoms with Gasteiger partial charge in [-0.05, 0) is 29.8 Å². The molecule has 0 aliphatic heterocycles. The van der Waals surface area contributed by atoms with Gasteiger partial charge in [-0.2, -0.15) is 5.10 Å². The van der Waals surface area contributed by atoms with Crippen molar-refractivity contribution in [3.8, 4) is 17.1 Å². The Morgan fingerprint density at radius 2 is 1.85 bits per heavy atom. The number of ether oxygens (including phenoxy) is 1. The number of halogens is 2. The SMILES string of the molecule is COc1ccc(Cn2cc3nc(-c4ccccc4F)nc(Cl)c3n2)cc1. The minimum atomic E-state index is -0.395. The van der Waals surface area contributed by atoms with Crippen LogP contribution in [0.2, 0.25) is 5.15 Å². The van der Waals surface area contributed by atoms with E-state index in [0.717, 1.165) is 11.3 Å². The molecule has 0 atom stereocenters. The van der Waals surface area contributed by atoms with Crippen LogP contribution in [0.3, 0.4) is 0 Å². The maximum atomic E-state index is 14.0. The van der Waals surface area contributed by atoms with Gasteiger partial charge in [0.2, 0.25) is 0 Å². The van der Waals surface area contributed by atoms with Crippen LogP contribution >= 0.6 is 11.6 Å². The van der Waals surface area contributed by atoms with Gasteiger partial charge in [0.15, 0.2) is 11.0 Å². The maximum Gasteiger partial charge on any atom is 0.164 e. The molecule has 0 aliphatic rings. The molecule has 0 N–H and O–H groups in total. The van der Waals surface area contributed by atoms with E-state index in [9.17, 15) is 4.39 Å². The molecule has 0 unspecified atom stereocenters. The second-order valence-corrected chi connectivity index (χ2v) is 6.08. The molecule has 0 spiro atoms. The fourth-order valence-electron chi connectivity index (χ4n) is 2.69. The highest BCUT2D eigenvalue weighted by Crippen LogP contribution is 2.25. The summed E-state index contributed by atoms with van der Waals surface area (Å²) >= 11 is 6.25. The summed E-state index contributed by atoms with van der Waals surface area (Å²) in [7, 11) is 1.63. The van der Waals surface area contributed by atoms with Crippen molar-refractivity contribution in [1.82, 2.24) is 19.7 Å². The van der Waals surface area contributed by atoms with E-state index in [4.69, 9.17) is 16.3 Å². The number of benzene rings is 2. The van der Waals surface area contributed by atoms with Crippen molar-refractivity contribution < 1.29 is 9.13 Å². The van der Waals surface area contributed by atoms with Crippen LogP contribution in [0, 0.1) is 5.82 Å².